The number of fused-ring (bicyclic) bond motifs is 4. The van der Waals surface area contributed by atoms with E-state index in [0.29, 0.717) is 24.9 Å². The van der Waals surface area contributed by atoms with Crippen molar-refractivity contribution in [2.24, 2.45) is 11.8 Å². The highest BCUT2D eigenvalue weighted by Crippen LogP contribution is 2.37. The second-order valence-electron chi connectivity index (χ2n) is 12.8. The number of hydrogen-bond acceptors (Lipinski definition) is 10. The maximum absolute atomic E-state index is 14.4. The Hall–Kier alpha value is -2.94. The van der Waals surface area contributed by atoms with Crippen LogP contribution in [0.5, 0.6) is 11.5 Å². The number of nitrogens with zero attached hydrogens (tertiary/aromatic N) is 1. The van der Waals surface area contributed by atoms with Crippen LogP contribution in [-0.4, -0.2) is 101 Å². The van der Waals surface area contributed by atoms with Gasteiger partial charge in [-0.25, -0.2) is 13.2 Å². The van der Waals surface area contributed by atoms with Crippen molar-refractivity contribution >= 4 is 16.1 Å². The van der Waals surface area contributed by atoms with Gasteiger partial charge in [0.05, 0.1) is 51.1 Å². The van der Waals surface area contributed by atoms with E-state index < -0.39 is 34.4 Å². The number of aliphatic hydroxyl groups excluding tert-OH is 1. The van der Waals surface area contributed by atoms with Crippen LogP contribution in [-0.2, 0) is 35.4 Å². The predicted octanol–water partition coefficient (Wildman–Crippen LogP) is 3.50. The summed E-state index contributed by atoms with van der Waals surface area (Å²) in [6.07, 6.45) is 2.63. The molecule has 12 nitrogen and oxygen atoms in total. The van der Waals surface area contributed by atoms with E-state index in [1.807, 2.05) is 30.3 Å². The molecule has 13 heteroatoms. The van der Waals surface area contributed by atoms with E-state index in [-0.39, 0.29) is 61.7 Å². The summed E-state index contributed by atoms with van der Waals surface area (Å²) in [5.41, 5.74) is 0.859. The first kappa shape index (κ1) is 33.9. The molecule has 0 radical (unpaired) electrons. The van der Waals surface area contributed by atoms with Crippen LogP contribution >= 0.6 is 0 Å². The number of rotatable bonds is 8. The van der Waals surface area contributed by atoms with E-state index in [4.69, 9.17) is 28.4 Å². The number of nitrogens with one attached hydrogen (secondary N) is 1. The predicted molar refractivity (Wildman–Crippen MR) is 171 cm³/mol. The van der Waals surface area contributed by atoms with Crippen molar-refractivity contribution in [3.8, 4) is 11.5 Å². The minimum absolute atomic E-state index is 0.00268. The monoisotopic (exact) mass is 674 g/mol. The molecule has 2 aromatic carbocycles. The molecule has 2 saturated heterocycles. The van der Waals surface area contributed by atoms with Gasteiger partial charge in [0.25, 0.3) is 0 Å². The highest BCUT2D eigenvalue weighted by Gasteiger charge is 2.44. The zero-order valence-electron chi connectivity index (χ0n) is 26.8. The van der Waals surface area contributed by atoms with Crippen molar-refractivity contribution in [3.05, 3.63) is 54.1 Å². The number of hydrogen-bond donors (Lipinski definition) is 2. The molecule has 4 aliphatic rings. The second-order valence-corrected chi connectivity index (χ2v) is 14.7. The SMILES string of the molecule is COc1ccc2c(c1)OC1CCC(CCCOCCN(C[C@@H](O)[C@H](Cc3ccccc3)NC(=O)O[C@H]3CO[C@H]4OCC[C@H]43)S2(=O)=O)C1. The molecular weight excluding hydrogens is 628 g/mol. The third kappa shape index (κ3) is 8.38. The van der Waals surface area contributed by atoms with Crippen molar-refractivity contribution in [1.29, 1.82) is 0 Å². The van der Waals surface area contributed by atoms with E-state index in [9.17, 15) is 18.3 Å². The zero-order valence-corrected chi connectivity index (χ0v) is 27.6. The molecule has 47 heavy (non-hydrogen) atoms. The molecule has 2 unspecified atom stereocenters. The van der Waals surface area contributed by atoms with E-state index in [2.05, 4.69) is 5.32 Å². The Morgan fingerprint density at radius 1 is 1.06 bits per heavy atom. The average molecular weight is 675 g/mol. The third-order valence-electron chi connectivity index (χ3n) is 9.64. The minimum Gasteiger partial charge on any atom is -0.497 e. The van der Waals surface area contributed by atoms with Gasteiger partial charge >= 0.3 is 6.09 Å². The maximum atomic E-state index is 14.4. The molecule has 2 aromatic rings. The first-order chi connectivity index (χ1) is 22.8. The molecule has 6 rings (SSSR count). The summed E-state index contributed by atoms with van der Waals surface area (Å²) in [7, 11) is -2.67. The lowest BCUT2D eigenvalue weighted by atomic mass is 10.0. The molecule has 2 bridgehead atoms. The summed E-state index contributed by atoms with van der Waals surface area (Å²) in [5, 5.41) is 14.5. The van der Waals surface area contributed by atoms with Gasteiger partial charge in [0.15, 0.2) is 6.29 Å². The van der Waals surface area contributed by atoms with Gasteiger partial charge in [0.1, 0.15) is 22.5 Å². The number of amides is 1. The quantitative estimate of drug-likeness (QED) is 0.427. The lowest BCUT2D eigenvalue weighted by Crippen LogP contribution is -2.51. The van der Waals surface area contributed by atoms with Gasteiger partial charge in [-0.1, -0.05) is 30.3 Å². The molecule has 258 valence electrons. The molecular formula is C34H46N2O10S. The standard InChI is InChI=1S/C34H46N2O10S/c1-41-25-11-12-32-30(20-25)45-26-10-9-24(18-26)8-5-15-42-17-14-36(47(32,39)40)21-29(37)28(19-23-6-3-2-4-7-23)35-34(38)46-31-22-44-33-27(31)13-16-43-33/h2-4,6-7,11-12,20,24,26-29,31,33,37H,5,8-10,13-19,21-22H2,1H3,(H,35,38)/t24?,26?,27-,28-,29+,31-,33+/m0/s1. The van der Waals surface area contributed by atoms with Crippen molar-refractivity contribution in [3.63, 3.8) is 0 Å². The van der Waals surface area contributed by atoms with Crippen molar-refractivity contribution in [1.82, 2.24) is 9.62 Å². The fourth-order valence-corrected chi connectivity index (χ4v) is 8.59. The largest absolute Gasteiger partial charge is 0.497 e. The van der Waals surface area contributed by atoms with Gasteiger partial charge in [-0.2, -0.15) is 4.31 Å². The van der Waals surface area contributed by atoms with Crippen LogP contribution in [0.25, 0.3) is 0 Å². The first-order valence-electron chi connectivity index (χ1n) is 16.6. The van der Waals surface area contributed by atoms with Crippen LogP contribution in [0.2, 0.25) is 0 Å². The molecule has 0 spiro atoms. The average Bonchev–Trinajstić information content (AvgIpc) is 3.81. The van der Waals surface area contributed by atoms with Crippen molar-refractivity contribution in [2.45, 2.75) is 80.5 Å². The molecule has 1 aliphatic carbocycles. The lowest BCUT2D eigenvalue weighted by molar-refractivity contribution is -0.0907. The number of ether oxygens (including phenoxy) is 6. The van der Waals surface area contributed by atoms with Gasteiger partial charge in [0.2, 0.25) is 10.0 Å². The summed E-state index contributed by atoms with van der Waals surface area (Å²) >= 11 is 0. The molecule has 7 atom stereocenters. The number of sulfonamides is 1. The van der Waals surface area contributed by atoms with Crippen LogP contribution < -0.4 is 14.8 Å². The molecule has 1 saturated carbocycles. The Bertz CT molecular complexity index is 1440. The highest BCUT2D eigenvalue weighted by molar-refractivity contribution is 7.89. The van der Waals surface area contributed by atoms with Crippen LogP contribution in [0.4, 0.5) is 4.79 Å². The topological polar surface area (TPSA) is 142 Å². The third-order valence-corrected chi connectivity index (χ3v) is 11.5. The Morgan fingerprint density at radius 3 is 2.74 bits per heavy atom. The summed E-state index contributed by atoms with van der Waals surface area (Å²) in [6, 6.07) is 13.2. The molecule has 3 aliphatic heterocycles. The molecule has 3 heterocycles. The van der Waals surface area contributed by atoms with E-state index in [0.717, 1.165) is 44.1 Å². The summed E-state index contributed by atoms with van der Waals surface area (Å²) < 4.78 is 64.5. The number of benzene rings is 2. The fourth-order valence-electron chi connectivity index (χ4n) is 7.05. The summed E-state index contributed by atoms with van der Waals surface area (Å²) in [6.45, 7) is 1.15. The van der Waals surface area contributed by atoms with E-state index in [1.165, 1.54) is 17.5 Å². The Balaban J connectivity index is 1.24. The number of carbonyl (C=O) groups is 1. The molecule has 3 fully saturated rings. The molecule has 2 N–H and O–H groups in total. The van der Waals surface area contributed by atoms with Gasteiger partial charge in [-0.15, -0.1) is 0 Å². The van der Waals surface area contributed by atoms with E-state index in [1.54, 1.807) is 12.1 Å². The molecule has 0 aromatic heterocycles. The molecule has 1 amide bonds. The van der Waals surface area contributed by atoms with Gasteiger partial charge < -0.3 is 38.8 Å². The highest BCUT2D eigenvalue weighted by atomic mass is 32.2. The smallest absolute Gasteiger partial charge is 0.407 e. The number of carbonyl (C=O) groups excluding carboxylic acids is 1. The number of aliphatic hydroxyl groups is 1. The Kier molecular flexibility index (Phi) is 11.2. The normalized spacial score (nSPS) is 29.0. The summed E-state index contributed by atoms with van der Waals surface area (Å²) in [5.74, 6) is 1.18. The van der Waals surface area contributed by atoms with Crippen LogP contribution in [0.15, 0.2) is 53.4 Å². The van der Waals surface area contributed by atoms with Crippen LogP contribution in [0, 0.1) is 11.8 Å². The fraction of sp³-hybridized carbons (Fsp3) is 0.618. The number of alkyl carbamates (subject to hydrolysis) is 1. The van der Waals surface area contributed by atoms with Crippen molar-refractivity contribution in [2.75, 3.05) is 46.6 Å². The van der Waals surface area contributed by atoms with Gasteiger partial charge in [-0.05, 0) is 68.6 Å². The zero-order chi connectivity index (χ0) is 32.8. The first-order valence-corrected chi connectivity index (χ1v) is 18.1. The van der Waals surface area contributed by atoms with Gasteiger partial charge in [0, 0.05) is 25.8 Å². The number of β-amino-alcohol motifs (C(OH)–C–C–N with tert-alkyl or cyclic N) is 1. The van der Waals surface area contributed by atoms with Crippen LogP contribution in [0.1, 0.15) is 44.1 Å². The maximum Gasteiger partial charge on any atom is 0.407 e. The summed E-state index contributed by atoms with van der Waals surface area (Å²) in [4.78, 5) is 13.2. The minimum atomic E-state index is -4.19. The van der Waals surface area contributed by atoms with Gasteiger partial charge in [-0.3, -0.25) is 0 Å². The Morgan fingerprint density at radius 2 is 1.91 bits per heavy atom. The lowest BCUT2D eigenvalue weighted by Gasteiger charge is -2.30. The Labute approximate surface area is 276 Å². The van der Waals surface area contributed by atoms with Crippen LogP contribution in [0.3, 0.4) is 0 Å². The second kappa shape index (κ2) is 15.5. The van der Waals surface area contributed by atoms with E-state index >= 15 is 0 Å². The number of methoxy groups -OCH3 is 1. The van der Waals surface area contributed by atoms with Crippen molar-refractivity contribution < 1.29 is 46.7 Å².